The van der Waals surface area contributed by atoms with Gasteiger partial charge >= 0.3 is 6.18 Å². The molecule has 1 saturated heterocycles. The third-order valence-electron chi connectivity index (χ3n) is 4.04. The molecule has 1 aliphatic heterocycles. The molecular formula is C18H19F3N4O3. The lowest BCUT2D eigenvalue weighted by Gasteiger charge is -2.27. The lowest BCUT2D eigenvalue weighted by molar-refractivity contribution is -0.137. The van der Waals surface area contributed by atoms with Gasteiger partial charge in [-0.3, -0.25) is 4.79 Å². The van der Waals surface area contributed by atoms with Gasteiger partial charge in [0.1, 0.15) is 30.2 Å². The molecule has 1 aromatic carbocycles. The highest BCUT2D eigenvalue weighted by atomic mass is 19.4. The highest BCUT2D eigenvalue weighted by molar-refractivity contribution is 5.92. The van der Waals surface area contributed by atoms with Crippen molar-refractivity contribution in [3.8, 4) is 5.75 Å². The summed E-state index contributed by atoms with van der Waals surface area (Å²) in [6.45, 7) is 2.70. The molecule has 0 aliphatic carbocycles. The van der Waals surface area contributed by atoms with E-state index in [-0.39, 0.29) is 24.6 Å². The van der Waals surface area contributed by atoms with Crippen molar-refractivity contribution in [2.75, 3.05) is 44.4 Å². The van der Waals surface area contributed by atoms with E-state index in [1.165, 1.54) is 18.5 Å². The van der Waals surface area contributed by atoms with Crippen LogP contribution in [0.25, 0.3) is 0 Å². The molecular weight excluding hydrogens is 377 g/mol. The first kappa shape index (κ1) is 19.9. The minimum Gasteiger partial charge on any atom is -0.492 e. The normalized spacial score (nSPS) is 14.6. The summed E-state index contributed by atoms with van der Waals surface area (Å²) in [5.74, 6) is 0.314. The van der Waals surface area contributed by atoms with Crippen LogP contribution < -0.4 is 15.0 Å². The van der Waals surface area contributed by atoms with Gasteiger partial charge in [-0.15, -0.1) is 0 Å². The summed E-state index contributed by atoms with van der Waals surface area (Å²) < 4.78 is 48.6. The van der Waals surface area contributed by atoms with E-state index in [1.807, 2.05) is 4.90 Å². The number of hydrogen-bond donors (Lipinski definition) is 1. The Labute approximate surface area is 159 Å². The number of amides is 1. The number of carbonyl (C=O) groups excluding carboxylic acids is 1. The van der Waals surface area contributed by atoms with Gasteiger partial charge in [-0.2, -0.15) is 13.2 Å². The number of ether oxygens (including phenoxy) is 2. The zero-order valence-corrected chi connectivity index (χ0v) is 14.9. The summed E-state index contributed by atoms with van der Waals surface area (Å²) in [6, 6.07) is 6.17. The van der Waals surface area contributed by atoms with Crippen LogP contribution in [0.3, 0.4) is 0 Å². The molecule has 1 aromatic heterocycles. The maximum atomic E-state index is 12.7. The van der Waals surface area contributed by atoms with Gasteiger partial charge in [0.2, 0.25) is 0 Å². The van der Waals surface area contributed by atoms with Gasteiger partial charge in [-0.25, -0.2) is 9.97 Å². The van der Waals surface area contributed by atoms with Crippen molar-refractivity contribution in [3.05, 3.63) is 47.9 Å². The van der Waals surface area contributed by atoms with Gasteiger partial charge < -0.3 is 19.7 Å². The van der Waals surface area contributed by atoms with Gasteiger partial charge in [0.05, 0.1) is 25.3 Å². The Morgan fingerprint density at radius 2 is 2.00 bits per heavy atom. The van der Waals surface area contributed by atoms with Gasteiger partial charge in [0.15, 0.2) is 0 Å². The summed E-state index contributed by atoms with van der Waals surface area (Å²) in [7, 11) is 0. The largest absolute Gasteiger partial charge is 0.492 e. The van der Waals surface area contributed by atoms with Crippen molar-refractivity contribution >= 4 is 11.7 Å². The first-order valence-corrected chi connectivity index (χ1v) is 8.66. The zero-order valence-electron chi connectivity index (χ0n) is 14.9. The summed E-state index contributed by atoms with van der Waals surface area (Å²) >= 11 is 0. The van der Waals surface area contributed by atoms with Gasteiger partial charge in [0.25, 0.3) is 5.91 Å². The number of nitrogens with zero attached hydrogens (tertiary/aromatic N) is 3. The van der Waals surface area contributed by atoms with Crippen molar-refractivity contribution in [1.82, 2.24) is 15.3 Å². The van der Waals surface area contributed by atoms with E-state index in [4.69, 9.17) is 9.47 Å². The highest BCUT2D eigenvalue weighted by Gasteiger charge is 2.30. The Morgan fingerprint density at radius 1 is 1.21 bits per heavy atom. The lowest BCUT2D eigenvalue weighted by Crippen LogP contribution is -2.37. The SMILES string of the molecule is O=C(NCCOc1cccc(C(F)(F)F)c1)c1cc(N2CCOCC2)ncn1. The van der Waals surface area contributed by atoms with Crippen LogP contribution >= 0.6 is 0 Å². The lowest BCUT2D eigenvalue weighted by atomic mass is 10.2. The van der Waals surface area contributed by atoms with Gasteiger partial charge in [-0.1, -0.05) is 6.07 Å². The molecule has 2 aromatic rings. The third-order valence-corrected chi connectivity index (χ3v) is 4.04. The number of alkyl halides is 3. The van der Waals surface area contributed by atoms with E-state index in [2.05, 4.69) is 15.3 Å². The van der Waals surface area contributed by atoms with Gasteiger partial charge in [0, 0.05) is 19.2 Å². The average molecular weight is 396 g/mol. The van der Waals surface area contributed by atoms with Crippen LogP contribution in [-0.4, -0.2) is 55.3 Å². The number of aromatic nitrogens is 2. The van der Waals surface area contributed by atoms with Crippen LogP contribution in [0.2, 0.25) is 0 Å². The first-order chi connectivity index (χ1) is 13.4. The van der Waals surface area contributed by atoms with Crippen LogP contribution in [0.15, 0.2) is 36.7 Å². The Hall–Kier alpha value is -2.88. The fourth-order valence-corrected chi connectivity index (χ4v) is 2.62. The van der Waals surface area contributed by atoms with Crippen molar-refractivity contribution in [1.29, 1.82) is 0 Å². The van der Waals surface area contributed by atoms with E-state index < -0.39 is 17.6 Å². The molecule has 1 amide bonds. The Morgan fingerprint density at radius 3 is 2.75 bits per heavy atom. The number of morpholine rings is 1. The number of nitrogens with one attached hydrogen (secondary N) is 1. The van der Waals surface area contributed by atoms with Crippen LogP contribution in [-0.2, 0) is 10.9 Å². The van der Waals surface area contributed by atoms with Gasteiger partial charge in [-0.05, 0) is 18.2 Å². The number of hydrogen-bond acceptors (Lipinski definition) is 6. The molecule has 0 unspecified atom stereocenters. The molecule has 28 heavy (non-hydrogen) atoms. The predicted molar refractivity (Wildman–Crippen MR) is 94.3 cm³/mol. The molecule has 150 valence electrons. The number of carbonyl (C=O) groups is 1. The van der Waals surface area contributed by atoms with Crippen LogP contribution in [0.5, 0.6) is 5.75 Å². The zero-order chi connectivity index (χ0) is 20.0. The molecule has 3 rings (SSSR count). The van der Waals surface area contributed by atoms with Crippen molar-refractivity contribution in [2.24, 2.45) is 0 Å². The summed E-state index contributed by atoms with van der Waals surface area (Å²) in [5.41, 5.74) is -0.582. The standard InChI is InChI=1S/C18H19F3N4O3/c19-18(20,21)13-2-1-3-14(10-13)28-7-4-22-17(26)15-11-16(24-12-23-15)25-5-8-27-9-6-25/h1-3,10-12H,4-9H2,(H,22,26). The number of rotatable bonds is 6. The van der Waals surface area contributed by atoms with E-state index in [1.54, 1.807) is 6.07 Å². The Balaban J connectivity index is 1.49. The molecule has 0 saturated carbocycles. The van der Waals surface area contributed by atoms with E-state index in [9.17, 15) is 18.0 Å². The minimum absolute atomic E-state index is 0.0223. The number of benzene rings is 1. The predicted octanol–water partition coefficient (Wildman–Crippen LogP) is 2.14. The van der Waals surface area contributed by atoms with E-state index in [0.29, 0.717) is 32.1 Å². The summed E-state index contributed by atoms with van der Waals surface area (Å²) in [6.07, 6.45) is -3.11. The second-order valence-electron chi connectivity index (χ2n) is 5.99. The number of halogens is 3. The molecule has 0 spiro atoms. The summed E-state index contributed by atoms with van der Waals surface area (Å²) in [4.78, 5) is 22.4. The molecule has 10 heteroatoms. The molecule has 0 radical (unpaired) electrons. The van der Waals surface area contributed by atoms with E-state index in [0.717, 1.165) is 12.1 Å². The van der Waals surface area contributed by atoms with Crippen molar-refractivity contribution in [2.45, 2.75) is 6.18 Å². The quantitative estimate of drug-likeness (QED) is 0.754. The summed E-state index contributed by atoms with van der Waals surface area (Å²) in [5, 5.41) is 2.62. The van der Waals surface area contributed by atoms with Crippen molar-refractivity contribution in [3.63, 3.8) is 0 Å². The van der Waals surface area contributed by atoms with Crippen LogP contribution in [0.4, 0.5) is 19.0 Å². The number of anilines is 1. The molecule has 1 N–H and O–H groups in total. The Bertz CT molecular complexity index is 811. The molecule has 0 atom stereocenters. The topological polar surface area (TPSA) is 76.6 Å². The Kier molecular flexibility index (Phi) is 6.30. The van der Waals surface area contributed by atoms with Crippen LogP contribution in [0.1, 0.15) is 16.1 Å². The van der Waals surface area contributed by atoms with Crippen LogP contribution in [0, 0.1) is 0 Å². The highest BCUT2D eigenvalue weighted by Crippen LogP contribution is 2.31. The maximum absolute atomic E-state index is 12.7. The molecule has 7 nitrogen and oxygen atoms in total. The van der Waals surface area contributed by atoms with E-state index >= 15 is 0 Å². The smallest absolute Gasteiger partial charge is 0.416 e. The fraction of sp³-hybridized carbons (Fsp3) is 0.389. The molecule has 2 heterocycles. The third kappa shape index (κ3) is 5.32. The monoisotopic (exact) mass is 396 g/mol. The molecule has 0 bridgehead atoms. The van der Waals surface area contributed by atoms with Crippen molar-refractivity contribution < 1.29 is 27.4 Å². The second kappa shape index (κ2) is 8.87. The molecule has 1 fully saturated rings. The fourth-order valence-electron chi connectivity index (χ4n) is 2.62. The first-order valence-electron chi connectivity index (χ1n) is 8.66. The second-order valence-corrected chi connectivity index (χ2v) is 5.99. The minimum atomic E-state index is -4.43. The molecule has 1 aliphatic rings. The maximum Gasteiger partial charge on any atom is 0.416 e. The average Bonchev–Trinajstić information content (AvgIpc) is 2.71.